The number of aliphatic hydroxyl groups excluding tert-OH is 1. The van der Waals surface area contributed by atoms with Gasteiger partial charge in [0.2, 0.25) is 10.0 Å². The van der Waals surface area contributed by atoms with Crippen molar-refractivity contribution in [3.63, 3.8) is 0 Å². The monoisotopic (exact) mass is 318 g/mol. The summed E-state index contributed by atoms with van der Waals surface area (Å²) in [6.45, 7) is 2.69. The van der Waals surface area contributed by atoms with Gasteiger partial charge in [-0.15, -0.1) is 0 Å². The second kappa shape index (κ2) is 5.89. The van der Waals surface area contributed by atoms with E-state index in [1.165, 1.54) is 10.4 Å². The summed E-state index contributed by atoms with van der Waals surface area (Å²) >= 11 is 6.06. The maximum Gasteiger partial charge on any atom is 0.244 e. The highest BCUT2D eigenvalue weighted by Gasteiger charge is 2.30. The Morgan fingerprint density at radius 1 is 1.40 bits per heavy atom. The van der Waals surface area contributed by atoms with Crippen LogP contribution < -0.4 is 5.73 Å². The van der Waals surface area contributed by atoms with Gasteiger partial charge in [0.1, 0.15) is 4.90 Å². The number of aryl methyl sites for hydroxylation is 1. The molecule has 5 nitrogen and oxygen atoms in total. The lowest BCUT2D eigenvalue weighted by molar-refractivity contribution is 0.170. The van der Waals surface area contributed by atoms with Crippen LogP contribution in [0.4, 0.5) is 5.69 Å². The Morgan fingerprint density at radius 2 is 2.00 bits per heavy atom. The Balaban J connectivity index is 2.30. The van der Waals surface area contributed by atoms with Crippen molar-refractivity contribution in [3.8, 4) is 0 Å². The molecule has 0 unspecified atom stereocenters. The Morgan fingerprint density at radius 3 is 2.55 bits per heavy atom. The maximum absolute atomic E-state index is 12.6. The summed E-state index contributed by atoms with van der Waals surface area (Å²) in [5.74, 6) is 0.181. The quantitative estimate of drug-likeness (QED) is 0.830. The summed E-state index contributed by atoms with van der Waals surface area (Å²) < 4.78 is 26.6. The lowest BCUT2D eigenvalue weighted by Gasteiger charge is -2.30. The molecule has 0 spiro atoms. The van der Waals surface area contributed by atoms with Crippen LogP contribution in [0.3, 0.4) is 0 Å². The van der Waals surface area contributed by atoms with Gasteiger partial charge in [0.05, 0.1) is 5.02 Å². The van der Waals surface area contributed by atoms with Crippen LogP contribution in [0.1, 0.15) is 18.4 Å². The number of aliphatic hydroxyl groups is 1. The van der Waals surface area contributed by atoms with Gasteiger partial charge in [-0.3, -0.25) is 0 Å². The van der Waals surface area contributed by atoms with E-state index in [0.717, 1.165) is 5.56 Å². The molecule has 3 N–H and O–H groups in total. The molecule has 2 rings (SSSR count). The zero-order valence-corrected chi connectivity index (χ0v) is 12.9. The number of sulfonamides is 1. The largest absolute Gasteiger partial charge is 0.398 e. The molecule has 20 heavy (non-hydrogen) atoms. The first-order chi connectivity index (χ1) is 9.36. The van der Waals surface area contributed by atoms with Crippen molar-refractivity contribution >= 4 is 27.3 Å². The van der Waals surface area contributed by atoms with Crippen molar-refractivity contribution in [2.24, 2.45) is 5.92 Å². The second-order valence-corrected chi connectivity index (χ2v) is 7.48. The average Bonchev–Trinajstić information content (AvgIpc) is 2.42. The summed E-state index contributed by atoms with van der Waals surface area (Å²) in [7, 11) is -3.62. The Hall–Kier alpha value is -0.820. The summed E-state index contributed by atoms with van der Waals surface area (Å²) in [5.41, 5.74) is 6.96. The van der Waals surface area contributed by atoms with Gasteiger partial charge < -0.3 is 10.8 Å². The van der Waals surface area contributed by atoms with E-state index in [9.17, 15) is 8.42 Å². The number of hydrogen-bond donors (Lipinski definition) is 2. The minimum Gasteiger partial charge on any atom is -0.398 e. The molecule has 0 radical (unpaired) electrons. The van der Waals surface area contributed by atoms with Gasteiger partial charge in [-0.2, -0.15) is 4.31 Å². The third-order valence-corrected chi connectivity index (χ3v) is 6.13. The van der Waals surface area contributed by atoms with Crippen LogP contribution >= 0.6 is 11.6 Å². The summed E-state index contributed by atoms with van der Waals surface area (Å²) in [6.07, 6.45) is 1.32. The molecular formula is C13H19ClN2O3S. The maximum atomic E-state index is 12.6. The number of anilines is 1. The molecule has 1 saturated heterocycles. The standard InChI is InChI=1S/C13H19ClN2O3S/c1-9-6-11(14)13(7-12(9)15)20(18,19)16-4-2-10(8-17)3-5-16/h6-7,10,17H,2-5,8,15H2,1H3. The number of hydrogen-bond acceptors (Lipinski definition) is 4. The van der Waals surface area contributed by atoms with Gasteiger partial charge >= 0.3 is 0 Å². The average molecular weight is 319 g/mol. The van der Waals surface area contributed by atoms with Gasteiger partial charge in [0.15, 0.2) is 0 Å². The third-order valence-electron chi connectivity index (χ3n) is 3.77. The van der Waals surface area contributed by atoms with Gasteiger partial charge in [-0.05, 0) is 43.4 Å². The zero-order valence-electron chi connectivity index (χ0n) is 11.3. The van der Waals surface area contributed by atoms with E-state index in [1.807, 2.05) is 0 Å². The number of piperidine rings is 1. The van der Waals surface area contributed by atoms with Crippen LogP contribution in [-0.2, 0) is 10.0 Å². The molecular weight excluding hydrogens is 300 g/mol. The molecule has 0 aromatic heterocycles. The smallest absolute Gasteiger partial charge is 0.244 e. The minimum absolute atomic E-state index is 0.0599. The molecule has 0 saturated carbocycles. The van der Waals surface area contributed by atoms with E-state index in [4.69, 9.17) is 22.4 Å². The molecule has 1 fully saturated rings. The van der Waals surface area contributed by atoms with E-state index in [0.29, 0.717) is 31.6 Å². The molecule has 1 heterocycles. The highest BCUT2D eigenvalue weighted by Crippen LogP contribution is 2.31. The Labute approximate surface area is 124 Å². The van der Waals surface area contributed by atoms with Gasteiger partial charge in [0.25, 0.3) is 0 Å². The number of nitrogen functional groups attached to an aromatic ring is 1. The summed E-state index contributed by atoms with van der Waals surface area (Å²) in [4.78, 5) is 0.0599. The lowest BCUT2D eigenvalue weighted by Crippen LogP contribution is -2.39. The number of nitrogens with zero attached hydrogens (tertiary/aromatic N) is 1. The molecule has 1 aliphatic heterocycles. The fourth-order valence-electron chi connectivity index (χ4n) is 2.34. The van der Waals surface area contributed by atoms with Crippen LogP contribution in [0.2, 0.25) is 5.02 Å². The fourth-order valence-corrected chi connectivity index (χ4v) is 4.40. The second-order valence-electron chi connectivity index (χ2n) is 5.17. The Bertz CT molecular complexity index is 596. The van der Waals surface area contributed by atoms with Crippen molar-refractivity contribution in [1.82, 2.24) is 4.31 Å². The predicted octanol–water partition coefficient (Wildman–Crippen LogP) is 1.62. The molecule has 1 aliphatic rings. The van der Waals surface area contributed by atoms with Crippen LogP contribution in [0.15, 0.2) is 17.0 Å². The van der Waals surface area contributed by atoms with Crippen molar-refractivity contribution < 1.29 is 13.5 Å². The number of nitrogens with two attached hydrogens (primary N) is 1. The minimum atomic E-state index is -3.62. The molecule has 1 aromatic rings. The van der Waals surface area contributed by atoms with Crippen LogP contribution in [0.5, 0.6) is 0 Å². The molecule has 0 aliphatic carbocycles. The first-order valence-electron chi connectivity index (χ1n) is 6.53. The van der Waals surface area contributed by atoms with Crippen LogP contribution in [0.25, 0.3) is 0 Å². The van der Waals surface area contributed by atoms with Crippen LogP contribution in [0, 0.1) is 12.8 Å². The van der Waals surface area contributed by atoms with Gasteiger partial charge in [0, 0.05) is 25.4 Å². The Kier molecular flexibility index (Phi) is 4.59. The molecule has 7 heteroatoms. The zero-order chi connectivity index (χ0) is 14.9. The SMILES string of the molecule is Cc1cc(Cl)c(S(=O)(=O)N2CCC(CO)CC2)cc1N. The van der Waals surface area contributed by atoms with Crippen molar-refractivity contribution in [2.45, 2.75) is 24.7 Å². The highest BCUT2D eigenvalue weighted by molar-refractivity contribution is 7.89. The first-order valence-corrected chi connectivity index (χ1v) is 8.34. The van der Waals surface area contributed by atoms with Crippen molar-refractivity contribution in [3.05, 3.63) is 22.7 Å². The third kappa shape index (κ3) is 2.93. The van der Waals surface area contributed by atoms with Gasteiger partial charge in [-0.1, -0.05) is 11.6 Å². The van der Waals surface area contributed by atoms with E-state index in [1.54, 1.807) is 13.0 Å². The number of benzene rings is 1. The fraction of sp³-hybridized carbons (Fsp3) is 0.538. The lowest BCUT2D eigenvalue weighted by atomic mass is 10.00. The molecule has 0 amide bonds. The molecule has 112 valence electrons. The first kappa shape index (κ1) is 15.6. The normalized spacial score (nSPS) is 18.4. The van der Waals surface area contributed by atoms with E-state index >= 15 is 0 Å². The van der Waals surface area contributed by atoms with Crippen molar-refractivity contribution in [1.29, 1.82) is 0 Å². The van der Waals surface area contributed by atoms with Gasteiger partial charge in [-0.25, -0.2) is 8.42 Å². The predicted molar refractivity (Wildman–Crippen MR) is 79.2 cm³/mol. The van der Waals surface area contributed by atoms with E-state index < -0.39 is 10.0 Å². The number of halogens is 1. The van der Waals surface area contributed by atoms with E-state index in [-0.39, 0.29) is 22.4 Å². The van der Waals surface area contributed by atoms with Crippen molar-refractivity contribution in [2.75, 3.05) is 25.4 Å². The molecule has 0 atom stereocenters. The summed E-state index contributed by atoms with van der Waals surface area (Å²) in [6, 6.07) is 3.00. The summed E-state index contributed by atoms with van der Waals surface area (Å²) in [5, 5.41) is 9.30. The van der Waals surface area contributed by atoms with Crippen LogP contribution in [-0.4, -0.2) is 37.5 Å². The van der Waals surface area contributed by atoms with E-state index in [2.05, 4.69) is 0 Å². The molecule has 0 bridgehead atoms. The highest BCUT2D eigenvalue weighted by atomic mass is 35.5. The number of rotatable bonds is 3. The molecule has 1 aromatic carbocycles. The topological polar surface area (TPSA) is 83.6 Å².